The highest BCUT2D eigenvalue weighted by atomic mass is 16.5. The van der Waals surface area contributed by atoms with Crippen molar-refractivity contribution < 1.29 is 9.53 Å². The fourth-order valence-corrected chi connectivity index (χ4v) is 2.10. The van der Waals surface area contributed by atoms with Crippen molar-refractivity contribution in [3.8, 4) is 5.75 Å². The average Bonchev–Trinajstić information content (AvgIpc) is 3.20. The SMILES string of the molecule is COc1ccc(C(NC(C)C(N)=O)C2CC2)cc1. The highest BCUT2D eigenvalue weighted by Crippen LogP contribution is 2.41. The van der Waals surface area contributed by atoms with Gasteiger partial charge in [-0.1, -0.05) is 12.1 Å². The van der Waals surface area contributed by atoms with Crippen LogP contribution >= 0.6 is 0 Å². The Hall–Kier alpha value is -1.55. The van der Waals surface area contributed by atoms with Gasteiger partial charge in [0.15, 0.2) is 0 Å². The van der Waals surface area contributed by atoms with Crippen molar-refractivity contribution in [1.29, 1.82) is 0 Å². The molecule has 98 valence electrons. The maximum atomic E-state index is 11.1. The van der Waals surface area contributed by atoms with Gasteiger partial charge in [0, 0.05) is 6.04 Å². The van der Waals surface area contributed by atoms with Gasteiger partial charge in [-0.15, -0.1) is 0 Å². The molecule has 0 radical (unpaired) electrons. The molecule has 2 unspecified atom stereocenters. The predicted octanol–water partition coefficient (Wildman–Crippen LogP) is 1.61. The van der Waals surface area contributed by atoms with Crippen molar-refractivity contribution in [3.63, 3.8) is 0 Å². The van der Waals surface area contributed by atoms with E-state index in [1.807, 2.05) is 24.3 Å². The van der Waals surface area contributed by atoms with Crippen LogP contribution in [-0.2, 0) is 4.79 Å². The van der Waals surface area contributed by atoms with Gasteiger partial charge in [0.1, 0.15) is 5.75 Å². The van der Waals surface area contributed by atoms with Crippen LogP contribution in [0.4, 0.5) is 0 Å². The minimum Gasteiger partial charge on any atom is -0.497 e. The number of methoxy groups -OCH3 is 1. The van der Waals surface area contributed by atoms with Crippen LogP contribution in [0.15, 0.2) is 24.3 Å². The molecule has 3 N–H and O–H groups in total. The first-order chi connectivity index (χ1) is 8.61. The molecule has 1 fully saturated rings. The minimum absolute atomic E-state index is 0.207. The van der Waals surface area contributed by atoms with Crippen molar-refractivity contribution in [2.45, 2.75) is 31.8 Å². The third-order valence-corrected chi connectivity index (χ3v) is 3.42. The predicted molar refractivity (Wildman–Crippen MR) is 70.3 cm³/mol. The third kappa shape index (κ3) is 3.01. The molecule has 0 saturated heterocycles. The second-order valence-electron chi connectivity index (χ2n) is 4.88. The van der Waals surface area contributed by atoms with Crippen molar-refractivity contribution in [3.05, 3.63) is 29.8 Å². The number of primary amides is 1. The number of hydrogen-bond donors (Lipinski definition) is 2. The summed E-state index contributed by atoms with van der Waals surface area (Å²) >= 11 is 0. The van der Waals surface area contributed by atoms with Gasteiger partial charge in [-0.25, -0.2) is 0 Å². The molecular weight excluding hydrogens is 228 g/mol. The second-order valence-corrected chi connectivity index (χ2v) is 4.88. The van der Waals surface area contributed by atoms with Crippen molar-refractivity contribution in [2.24, 2.45) is 11.7 Å². The number of hydrogen-bond acceptors (Lipinski definition) is 3. The Kier molecular flexibility index (Phi) is 3.87. The van der Waals surface area contributed by atoms with Crippen molar-refractivity contribution in [2.75, 3.05) is 7.11 Å². The number of nitrogens with one attached hydrogen (secondary N) is 1. The first-order valence-corrected chi connectivity index (χ1v) is 6.31. The average molecular weight is 248 g/mol. The van der Waals surface area contributed by atoms with Crippen molar-refractivity contribution >= 4 is 5.91 Å². The quantitative estimate of drug-likeness (QED) is 0.804. The van der Waals surface area contributed by atoms with Gasteiger partial charge in [0.05, 0.1) is 13.2 Å². The zero-order valence-electron chi connectivity index (χ0n) is 10.8. The van der Waals surface area contributed by atoms with E-state index in [0.717, 1.165) is 5.75 Å². The molecule has 4 heteroatoms. The molecule has 18 heavy (non-hydrogen) atoms. The molecule has 0 aromatic heterocycles. The molecule has 1 saturated carbocycles. The lowest BCUT2D eigenvalue weighted by atomic mass is 10.0. The summed E-state index contributed by atoms with van der Waals surface area (Å²) < 4.78 is 5.15. The lowest BCUT2D eigenvalue weighted by molar-refractivity contribution is -0.119. The molecule has 0 spiro atoms. The first-order valence-electron chi connectivity index (χ1n) is 6.31. The van der Waals surface area contributed by atoms with Crippen molar-refractivity contribution in [1.82, 2.24) is 5.32 Å². The molecule has 1 amide bonds. The van der Waals surface area contributed by atoms with Gasteiger partial charge in [0.25, 0.3) is 0 Å². The van der Waals surface area contributed by atoms with Crippen LogP contribution in [0.25, 0.3) is 0 Å². The lowest BCUT2D eigenvalue weighted by Gasteiger charge is -2.22. The topological polar surface area (TPSA) is 64.3 Å². The maximum Gasteiger partial charge on any atom is 0.234 e. The fourth-order valence-electron chi connectivity index (χ4n) is 2.10. The van der Waals surface area contributed by atoms with E-state index in [1.54, 1.807) is 14.0 Å². The van der Waals surface area contributed by atoms with Crippen LogP contribution < -0.4 is 15.8 Å². The van der Waals surface area contributed by atoms with E-state index >= 15 is 0 Å². The van der Waals surface area contributed by atoms with Gasteiger partial charge in [-0.2, -0.15) is 0 Å². The molecule has 0 aliphatic heterocycles. The number of rotatable bonds is 6. The summed E-state index contributed by atoms with van der Waals surface area (Å²) in [5.41, 5.74) is 6.49. The number of ether oxygens (including phenoxy) is 1. The third-order valence-electron chi connectivity index (χ3n) is 3.42. The number of carbonyl (C=O) groups is 1. The number of carbonyl (C=O) groups excluding carboxylic acids is 1. The molecule has 1 aromatic carbocycles. The smallest absolute Gasteiger partial charge is 0.234 e. The molecular formula is C14H20N2O2. The van der Waals surface area contributed by atoms with E-state index in [2.05, 4.69) is 5.32 Å². The maximum absolute atomic E-state index is 11.1. The zero-order chi connectivity index (χ0) is 13.1. The van der Waals surface area contributed by atoms with Gasteiger partial charge >= 0.3 is 0 Å². The molecule has 4 nitrogen and oxygen atoms in total. The molecule has 0 heterocycles. The summed E-state index contributed by atoms with van der Waals surface area (Å²) in [6.45, 7) is 1.81. The Morgan fingerprint density at radius 1 is 1.39 bits per heavy atom. The Balaban J connectivity index is 2.11. The van der Waals surface area contributed by atoms with Crippen LogP contribution in [0.3, 0.4) is 0 Å². The van der Waals surface area contributed by atoms with Crippen LogP contribution in [0.2, 0.25) is 0 Å². The Bertz CT molecular complexity index is 412. The van der Waals surface area contributed by atoms with E-state index in [9.17, 15) is 4.79 Å². The summed E-state index contributed by atoms with van der Waals surface area (Å²) in [5, 5.41) is 3.32. The first kappa shape index (κ1) is 12.9. The van der Waals surface area contributed by atoms with Crippen LogP contribution in [-0.4, -0.2) is 19.1 Å². The Morgan fingerprint density at radius 2 is 2.00 bits per heavy atom. The lowest BCUT2D eigenvalue weighted by Crippen LogP contribution is -2.41. The summed E-state index contributed by atoms with van der Waals surface area (Å²) in [6.07, 6.45) is 2.41. The van der Waals surface area contributed by atoms with E-state index in [4.69, 9.17) is 10.5 Å². The molecule has 1 aliphatic carbocycles. The van der Waals surface area contributed by atoms with Gasteiger partial charge < -0.3 is 10.5 Å². The highest BCUT2D eigenvalue weighted by Gasteiger charge is 2.33. The second kappa shape index (κ2) is 5.40. The fraction of sp³-hybridized carbons (Fsp3) is 0.500. The minimum atomic E-state index is -0.311. The summed E-state index contributed by atoms with van der Waals surface area (Å²) in [4.78, 5) is 11.1. The summed E-state index contributed by atoms with van der Waals surface area (Å²) in [7, 11) is 1.65. The van der Waals surface area contributed by atoms with E-state index in [0.29, 0.717) is 5.92 Å². The standard InChI is InChI=1S/C14H20N2O2/c1-9(14(15)17)16-13(10-3-4-10)11-5-7-12(18-2)8-6-11/h5-10,13,16H,3-4H2,1-2H3,(H2,15,17). The molecule has 0 bridgehead atoms. The molecule has 1 aromatic rings. The number of amides is 1. The molecule has 1 aliphatic rings. The van der Waals surface area contributed by atoms with Crippen LogP contribution in [0.1, 0.15) is 31.4 Å². The monoisotopic (exact) mass is 248 g/mol. The van der Waals surface area contributed by atoms with Crippen LogP contribution in [0.5, 0.6) is 5.75 Å². The summed E-state index contributed by atoms with van der Waals surface area (Å²) in [6, 6.07) is 7.88. The zero-order valence-corrected chi connectivity index (χ0v) is 10.8. The van der Waals surface area contributed by atoms with Gasteiger partial charge in [-0.3, -0.25) is 10.1 Å². The summed E-state index contributed by atoms with van der Waals surface area (Å²) in [5.74, 6) is 1.14. The van der Waals surface area contributed by atoms with E-state index < -0.39 is 0 Å². The highest BCUT2D eigenvalue weighted by molar-refractivity contribution is 5.79. The Morgan fingerprint density at radius 3 is 2.44 bits per heavy atom. The number of nitrogens with two attached hydrogens (primary N) is 1. The molecule has 2 atom stereocenters. The van der Waals surface area contributed by atoms with Gasteiger partial charge in [0.2, 0.25) is 5.91 Å². The van der Waals surface area contributed by atoms with E-state index in [1.165, 1.54) is 18.4 Å². The van der Waals surface area contributed by atoms with Crippen LogP contribution in [0, 0.1) is 5.92 Å². The number of benzene rings is 1. The molecule has 2 rings (SSSR count). The largest absolute Gasteiger partial charge is 0.497 e. The Labute approximate surface area is 108 Å². The van der Waals surface area contributed by atoms with E-state index in [-0.39, 0.29) is 18.0 Å². The normalized spacial score (nSPS) is 18.1. The van der Waals surface area contributed by atoms with Gasteiger partial charge in [-0.05, 0) is 43.4 Å².